The number of urea groups is 1. The number of likely N-dealkylation sites (tertiary alicyclic amines) is 1. The summed E-state index contributed by atoms with van der Waals surface area (Å²) in [5, 5.41) is 5.66. The molecule has 0 aliphatic carbocycles. The van der Waals surface area contributed by atoms with E-state index in [1.807, 2.05) is 4.90 Å². The summed E-state index contributed by atoms with van der Waals surface area (Å²) >= 11 is 0. The number of piperidine rings is 1. The van der Waals surface area contributed by atoms with Crippen molar-refractivity contribution in [3.8, 4) is 0 Å². The predicted molar refractivity (Wildman–Crippen MR) is 64.5 cm³/mol. The van der Waals surface area contributed by atoms with Gasteiger partial charge in [-0.15, -0.1) is 6.58 Å². The number of rotatable bonds is 2. The summed E-state index contributed by atoms with van der Waals surface area (Å²) in [4.78, 5) is 24.8. The first-order valence-electron chi connectivity index (χ1n) is 6.06. The van der Waals surface area contributed by atoms with Gasteiger partial charge in [0.05, 0.1) is 0 Å². The monoisotopic (exact) mass is 237 g/mol. The van der Waals surface area contributed by atoms with Gasteiger partial charge in [0.2, 0.25) is 5.91 Å². The van der Waals surface area contributed by atoms with Crippen LogP contribution in [0.3, 0.4) is 0 Å². The van der Waals surface area contributed by atoms with Crippen LogP contribution < -0.4 is 10.6 Å². The zero-order chi connectivity index (χ0) is 12.3. The lowest BCUT2D eigenvalue weighted by Crippen LogP contribution is -2.47. The van der Waals surface area contributed by atoms with Crippen LogP contribution in [0.5, 0.6) is 0 Å². The molecule has 0 aromatic carbocycles. The molecule has 0 radical (unpaired) electrons. The molecule has 5 heteroatoms. The minimum absolute atomic E-state index is 0.0305. The van der Waals surface area contributed by atoms with Crippen LogP contribution in [0.2, 0.25) is 0 Å². The molecule has 3 amide bonds. The van der Waals surface area contributed by atoms with Crippen LogP contribution in [-0.2, 0) is 4.79 Å². The third-order valence-electron chi connectivity index (χ3n) is 3.71. The summed E-state index contributed by atoms with van der Waals surface area (Å²) in [6.07, 6.45) is 4.11. The minimum atomic E-state index is -0.0305. The first kappa shape index (κ1) is 12.0. The average molecular weight is 237 g/mol. The van der Waals surface area contributed by atoms with Crippen molar-refractivity contribution in [2.75, 3.05) is 26.2 Å². The van der Waals surface area contributed by atoms with E-state index in [-0.39, 0.29) is 17.4 Å². The highest BCUT2D eigenvalue weighted by Gasteiger charge is 2.41. The Balaban J connectivity index is 1.83. The topological polar surface area (TPSA) is 61.4 Å². The van der Waals surface area contributed by atoms with Gasteiger partial charge >= 0.3 is 6.03 Å². The summed E-state index contributed by atoms with van der Waals surface area (Å²) in [6, 6.07) is -0.0305. The second-order valence-corrected chi connectivity index (χ2v) is 4.92. The van der Waals surface area contributed by atoms with E-state index in [9.17, 15) is 9.59 Å². The number of amides is 3. The van der Waals surface area contributed by atoms with Gasteiger partial charge in [-0.3, -0.25) is 4.79 Å². The highest BCUT2D eigenvalue weighted by atomic mass is 16.2. The second kappa shape index (κ2) is 4.77. The number of hydrogen-bond acceptors (Lipinski definition) is 2. The first-order valence-corrected chi connectivity index (χ1v) is 6.06. The summed E-state index contributed by atoms with van der Waals surface area (Å²) in [6.45, 7) is 6.31. The third kappa shape index (κ3) is 2.60. The minimum Gasteiger partial charge on any atom is -0.356 e. The van der Waals surface area contributed by atoms with Crippen molar-refractivity contribution in [3.05, 3.63) is 12.7 Å². The number of nitrogens with zero attached hydrogens (tertiary/aromatic N) is 1. The molecular weight excluding hydrogens is 218 g/mol. The molecule has 0 bridgehead atoms. The van der Waals surface area contributed by atoms with Crippen LogP contribution in [-0.4, -0.2) is 43.0 Å². The molecule has 94 valence electrons. The van der Waals surface area contributed by atoms with Crippen LogP contribution in [0, 0.1) is 5.41 Å². The van der Waals surface area contributed by atoms with Crippen molar-refractivity contribution in [2.24, 2.45) is 5.41 Å². The Hall–Kier alpha value is -1.52. The average Bonchev–Trinajstić information content (AvgIpc) is 2.68. The van der Waals surface area contributed by atoms with Gasteiger partial charge < -0.3 is 15.5 Å². The maximum Gasteiger partial charge on any atom is 0.317 e. The molecule has 0 unspecified atom stereocenters. The van der Waals surface area contributed by atoms with Gasteiger partial charge in [-0.2, -0.15) is 0 Å². The van der Waals surface area contributed by atoms with Gasteiger partial charge in [0.25, 0.3) is 0 Å². The highest BCUT2D eigenvalue weighted by Crippen LogP contribution is 2.37. The van der Waals surface area contributed by atoms with Crippen molar-refractivity contribution in [1.29, 1.82) is 0 Å². The van der Waals surface area contributed by atoms with Crippen molar-refractivity contribution in [2.45, 2.75) is 19.3 Å². The molecule has 0 saturated carbocycles. The Morgan fingerprint density at radius 2 is 2.24 bits per heavy atom. The Kier molecular flexibility index (Phi) is 3.36. The van der Waals surface area contributed by atoms with E-state index in [1.165, 1.54) is 0 Å². The van der Waals surface area contributed by atoms with E-state index in [1.54, 1.807) is 6.08 Å². The molecule has 2 aliphatic rings. The van der Waals surface area contributed by atoms with Gasteiger partial charge in [0, 0.05) is 32.6 Å². The van der Waals surface area contributed by atoms with E-state index in [0.29, 0.717) is 13.0 Å². The van der Waals surface area contributed by atoms with Crippen molar-refractivity contribution in [3.63, 3.8) is 0 Å². The second-order valence-electron chi connectivity index (χ2n) is 4.92. The van der Waals surface area contributed by atoms with Crippen LogP contribution >= 0.6 is 0 Å². The van der Waals surface area contributed by atoms with Crippen LogP contribution in [0.25, 0.3) is 0 Å². The lowest BCUT2D eigenvalue weighted by molar-refractivity contribution is -0.119. The molecule has 17 heavy (non-hydrogen) atoms. The van der Waals surface area contributed by atoms with Crippen LogP contribution in [0.4, 0.5) is 4.79 Å². The lowest BCUT2D eigenvalue weighted by Gasteiger charge is -2.38. The zero-order valence-electron chi connectivity index (χ0n) is 10.00. The molecular formula is C12H19N3O2. The fourth-order valence-corrected chi connectivity index (χ4v) is 2.56. The van der Waals surface area contributed by atoms with Gasteiger partial charge in [-0.1, -0.05) is 6.08 Å². The van der Waals surface area contributed by atoms with E-state index < -0.39 is 0 Å². The molecule has 2 heterocycles. The number of carbonyl (C=O) groups excluding carboxylic acids is 2. The van der Waals surface area contributed by atoms with Crippen LogP contribution in [0.15, 0.2) is 12.7 Å². The van der Waals surface area contributed by atoms with Gasteiger partial charge in [-0.25, -0.2) is 4.79 Å². The molecule has 0 atom stereocenters. The fourth-order valence-electron chi connectivity index (χ4n) is 2.56. The Morgan fingerprint density at radius 1 is 1.53 bits per heavy atom. The summed E-state index contributed by atoms with van der Waals surface area (Å²) in [7, 11) is 0. The SMILES string of the molecule is C=CCNC(=O)N1CCC2(CC1)CNC(=O)C2. The van der Waals surface area contributed by atoms with E-state index in [4.69, 9.17) is 0 Å². The fraction of sp³-hybridized carbons (Fsp3) is 0.667. The molecule has 0 aromatic rings. The lowest BCUT2D eigenvalue weighted by atomic mass is 9.78. The first-order chi connectivity index (χ1) is 8.15. The van der Waals surface area contributed by atoms with E-state index in [2.05, 4.69) is 17.2 Å². The smallest absolute Gasteiger partial charge is 0.317 e. The summed E-state index contributed by atoms with van der Waals surface area (Å²) in [5.41, 5.74) is 0.103. The van der Waals surface area contributed by atoms with Crippen molar-refractivity contribution in [1.82, 2.24) is 15.5 Å². The summed E-state index contributed by atoms with van der Waals surface area (Å²) in [5.74, 6) is 0.148. The molecule has 5 nitrogen and oxygen atoms in total. The maximum atomic E-state index is 11.7. The molecule has 1 spiro atoms. The number of nitrogens with one attached hydrogen (secondary N) is 2. The van der Waals surface area contributed by atoms with E-state index in [0.717, 1.165) is 32.5 Å². The van der Waals surface area contributed by atoms with Crippen molar-refractivity contribution >= 4 is 11.9 Å². The molecule has 2 N–H and O–H groups in total. The van der Waals surface area contributed by atoms with Gasteiger partial charge in [0.1, 0.15) is 0 Å². The maximum absolute atomic E-state index is 11.7. The molecule has 2 saturated heterocycles. The molecule has 2 rings (SSSR count). The quantitative estimate of drug-likeness (QED) is 0.686. The standard InChI is InChI=1S/C12H19N3O2/c1-2-5-13-11(17)15-6-3-12(4-7-15)8-10(16)14-9-12/h2H,1,3-9H2,(H,13,17)(H,14,16). The molecule has 2 aliphatic heterocycles. The number of carbonyl (C=O) groups is 2. The molecule has 0 aromatic heterocycles. The summed E-state index contributed by atoms with van der Waals surface area (Å²) < 4.78 is 0. The van der Waals surface area contributed by atoms with Gasteiger partial charge in [0.15, 0.2) is 0 Å². The Labute approximate surface area is 101 Å². The van der Waals surface area contributed by atoms with Crippen molar-refractivity contribution < 1.29 is 9.59 Å². The Bertz CT molecular complexity index is 333. The number of hydrogen-bond donors (Lipinski definition) is 2. The van der Waals surface area contributed by atoms with Gasteiger partial charge in [-0.05, 0) is 18.3 Å². The zero-order valence-corrected chi connectivity index (χ0v) is 10.00. The molecule has 2 fully saturated rings. The Morgan fingerprint density at radius 3 is 2.76 bits per heavy atom. The third-order valence-corrected chi connectivity index (χ3v) is 3.71. The highest BCUT2D eigenvalue weighted by molar-refractivity contribution is 5.79. The largest absolute Gasteiger partial charge is 0.356 e. The normalized spacial score (nSPS) is 22.4. The van der Waals surface area contributed by atoms with E-state index >= 15 is 0 Å². The predicted octanol–water partition coefficient (Wildman–Crippen LogP) is 0.484. The van der Waals surface area contributed by atoms with Crippen LogP contribution in [0.1, 0.15) is 19.3 Å².